The first-order valence-corrected chi connectivity index (χ1v) is 5.85. The molecule has 0 bridgehead atoms. The van der Waals surface area contributed by atoms with E-state index in [4.69, 9.17) is 5.73 Å². The maximum atomic E-state index is 11.4. The lowest BCUT2D eigenvalue weighted by Crippen LogP contribution is -2.10. The molecule has 17 heavy (non-hydrogen) atoms. The van der Waals surface area contributed by atoms with Crippen molar-refractivity contribution in [1.82, 2.24) is 10.2 Å². The molecule has 0 amide bonds. The first kappa shape index (κ1) is 11.7. The summed E-state index contributed by atoms with van der Waals surface area (Å²) in [6.45, 7) is 2.40. The van der Waals surface area contributed by atoms with Gasteiger partial charge in [-0.1, -0.05) is 37.6 Å². The average molecular weight is 231 g/mol. The van der Waals surface area contributed by atoms with E-state index >= 15 is 0 Å². The van der Waals surface area contributed by atoms with Gasteiger partial charge in [0, 0.05) is 6.54 Å². The maximum absolute atomic E-state index is 11.4. The third-order valence-electron chi connectivity index (χ3n) is 2.86. The molecule has 0 saturated heterocycles. The first-order valence-electron chi connectivity index (χ1n) is 5.85. The predicted molar refractivity (Wildman–Crippen MR) is 68.7 cm³/mol. The summed E-state index contributed by atoms with van der Waals surface area (Å²) in [7, 11) is 0. The summed E-state index contributed by atoms with van der Waals surface area (Å²) >= 11 is 0. The van der Waals surface area contributed by atoms with Gasteiger partial charge in [-0.25, -0.2) is 0 Å². The van der Waals surface area contributed by atoms with Gasteiger partial charge in [-0.05, 0) is 17.5 Å². The number of nitrogens with two attached hydrogens (primary N) is 1. The van der Waals surface area contributed by atoms with Crippen molar-refractivity contribution in [2.45, 2.75) is 26.3 Å². The minimum atomic E-state index is -0.139. The summed E-state index contributed by atoms with van der Waals surface area (Å²) < 4.78 is 0. The fourth-order valence-electron chi connectivity index (χ4n) is 1.95. The molecule has 1 aromatic heterocycles. The smallest absolute Gasteiger partial charge is 0.269 e. The molecule has 0 atom stereocenters. The number of H-pyrrole nitrogens is 2. The number of aromatic amines is 2. The molecule has 2 aromatic rings. The molecule has 4 nitrogen and oxygen atoms in total. The number of rotatable bonds is 4. The zero-order valence-corrected chi connectivity index (χ0v) is 9.92. The second-order valence-corrected chi connectivity index (χ2v) is 4.08. The van der Waals surface area contributed by atoms with Crippen LogP contribution in [0.4, 0.5) is 0 Å². The average Bonchev–Trinajstić information content (AvgIpc) is 2.72. The zero-order chi connectivity index (χ0) is 12.3. The number of hydrogen-bond acceptors (Lipinski definition) is 2. The molecule has 0 spiro atoms. The zero-order valence-electron chi connectivity index (χ0n) is 9.92. The second-order valence-electron chi connectivity index (χ2n) is 4.08. The van der Waals surface area contributed by atoms with Crippen LogP contribution in [0.15, 0.2) is 29.1 Å². The Morgan fingerprint density at radius 1 is 1.18 bits per heavy atom. The Hall–Kier alpha value is -1.81. The molecule has 1 heterocycles. The highest BCUT2D eigenvalue weighted by Gasteiger charge is 2.09. The SMILES string of the molecule is CCCc1ccc(-c2[nH][nH]c(=O)c2CN)cc1. The van der Waals surface area contributed by atoms with Crippen LogP contribution in [0, 0.1) is 0 Å². The van der Waals surface area contributed by atoms with Gasteiger partial charge in [-0.15, -0.1) is 0 Å². The van der Waals surface area contributed by atoms with Crippen LogP contribution >= 0.6 is 0 Å². The Morgan fingerprint density at radius 3 is 2.47 bits per heavy atom. The van der Waals surface area contributed by atoms with E-state index in [-0.39, 0.29) is 12.1 Å². The summed E-state index contributed by atoms with van der Waals surface area (Å²) in [4.78, 5) is 11.4. The number of hydrogen-bond donors (Lipinski definition) is 3. The minimum Gasteiger partial charge on any atom is -0.326 e. The third kappa shape index (κ3) is 2.31. The Morgan fingerprint density at radius 2 is 1.88 bits per heavy atom. The van der Waals surface area contributed by atoms with Gasteiger partial charge in [-0.3, -0.25) is 15.0 Å². The fraction of sp³-hybridized carbons (Fsp3) is 0.308. The van der Waals surface area contributed by atoms with Crippen molar-refractivity contribution in [3.63, 3.8) is 0 Å². The summed E-state index contributed by atoms with van der Waals surface area (Å²) in [6, 6.07) is 8.21. The van der Waals surface area contributed by atoms with Gasteiger partial charge in [0.25, 0.3) is 5.56 Å². The summed E-state index contributed by atoms with van der Waals surface area (Å²) in [5.41, 5.74) is 9.13. The number of aromatic nitrogens is 2. The summed E-state index contributed by atoms with van der Waals surface area (Å²) in [5, 5.41) is 5.44. The van der Waals surface area contributed by atoms with Gasteiger partial charge in [0.1, 0.15) is 0 Å². The van der Waals surface area contributed by atoms with Crippen LogP contribution < -0.4 is 11.3 Å². The highest BCUT2D eigenvalue weighted by atomic mass is 16.1. The first-order chi connectivity index (χ1) is 8.26. The van der Waals surface area contributed by atoms with Crippen molar-refractivity contribution in [3.8, 4) is 11.3 Å². The molecule has 1 aromatic carbocycles. The Kier molecular flexibility index (Phi) is 3.44. The fourth-order valence-corrected chi connectivity index (χ4v) is 1.95. The number of nitrogens with one attached hydrogen (secondary N) is 2. The topological polar surface area (TPSA) is 74.7 Å². The normalized spacial score (nSPS) is 10.7. The molecular formula is C13H17N3O. The van der Waals surface area contributed by atoms with Gasteiger partial charge in [0.15, 0.2) is 0 Å². The van der Waals surface area contributed by atoms with Crippen molar-refractivity contribution in [2.24, 2.45) is 5.73 Å². The molecule has 0 aliphatic carbocycles. The molecule has 0 aliphatic heterocycles. The van der Waals surface area contributed by atoms with E-state index in [0.717, 1.165) is 24.1 Å². The van der Waals surface area contributed by atoms with E-state index in [0.29, 0.717) is 5.56 Å². The lowest BCUT2D eigenvalue weighted by Gasteiger charge is -2.03. The van der Waals surface area contributed by atoms with Crippen molar-refractivity contribution in [2.75, 3.05) is 0 Å². The number of benzene rings is 1. The van der Waals surface area contributed by atoms with Crippen LogP contribution in [0.1, 0.15) is 24.5 Å². The van der Waals surface area contributed by atoms with Crippen LogP contribution in [0.2, 0.25) is 0 Å². The Labute approximate surface area is 99.8 Å². The molecule has 4 heteroatoms. The van der Waals surface area contributed by atoms with Gasteiger partial charge in [-0.2, -0.15) is 0 Å². The third-order valence-corrected chi connectivity index (χ3v) is 2.86. The minimum absolute atomic E-state index is 0.139. The Balaban J connectivity index is 2.36. The summed E-state index contributed by atoms with van der Waals surface area (Å²) in [6.07, 6.45) is 2.21. The highest BCUT2D eigenvalue weighted by molar-refractivity contribution is 5.62. The lowest BCUT2D eigenvalue weighted by atomic mass is 10.0. The molecule has 0 radical (unpaired) electrons. The highest BCUT2D eigenvalue weighted by Crippen LogP contribution is 2.19. The maximum Gasteiger partial charge on any atom is 0.269 e. The molecular weight excluding hydrogens is 214 g/mol. The molecule has 0 aliphatic rings. The molecule has 0 saturated carbocycles. The quantitative estimate of drug-likeness (QED) is 0.750. The van der Waals surface area contributed by atoms with Gasteiger partial charge in [0.2, 0.25) is 0 Å². The van der Waals surface area contributed by atoms with Crippen LogP contribution in [0.3, 0.4) is 0 Å². The molecule has 0 unspecified atom stereocenters. The Bertz CT molecular complexity index is 537. The predicted octanol–water partition coefficient (Wildman–Crippen LogP) is 1.78. The van der Waals surface area contributed by atoms with E-state index in [1.165, 1.54) is 5.56 Å². The van der Waals surface area contributed by atoms with Crippen molar-refractivity contribution >= 4 is 0 Å². The van der Waals surface area contributed by atoms with Gasteiger partial charge in [0.05, 0.1) is 11.3 Å². The van der Waals surface area contributed by atoms with Crippen LogP contribution in [-0.2, 0) is 13.0 Å². The van der Waals surface area contributed by atoms with Crippen LogP contribution in [0.25, 0.3) is 11.3 Å². The molecule has 2 rings (SSSR count). The molecule has 4 N–H and O–H groups in total. The summed E-state index contributed by atoms with van der Waals surface area (Å²) in [5.74, 6) is 0. The largest absolute Gasteiger partial charge is 0.326 e. The standard InChI is InChI=1S/C13H17N3O/c1-2-3-9-4-6-10(7-5-9)12-11(8-14)13(17)16-15-12/h4-7H,2-3,8,14H2,1H3,(H2,15,16,17). The van der Waals surface area contributed by atoms with E-state index in [1.807, 2.05) is 12.1 Å². The number of aryl methyl sites for hydroxylation is 1. The van der Waals surface area contributed by atoms with E-state index in [2.05, 4.69) is 29.3 Å². The van der Waals surface area contributed by atoms with Gasteiger partial charge >= 0.3 is 0 Å². The van der Waals surface area contributed by atoms with Crippen molar-refractivity contribution < 1.29 is 0 Å². The van der Waals surface area contributed by atoms with Crippen molar-refractivity contribution in [1.29, 1.82) is 0 Å². The molecule has 0 fully saturated rings. The van der Waals surface area contributed by atoms with E-state index in [1.54, 1.807) is 0 Å². The lowest BCUT2D eigenvalue weighted by molar-refractivity contribution is 0.922. The van der Waals surface area contributed by atoms with E-state index < -0.39 is 0 Å². The monoisotopic (exact) mass is 231 g/mol. The van der Waals surface area contributed by atoms with Gasteiger partial charge < -0.3 is 5.73 Å². The van der Waals surface area contributed by atoms with E-state index in [9.17, 15) is 4.79 Å². The van der Waals surface area contributed by atoms with Crippen molar-refractivity contribution in [3.05, 3.63) is 45.7 Å². The second kappa shape index (κ2) is 5.01. The van der Waals surface area contributed by atoms with Crippen LogP contribution in [0.5, 0.6) is 0 Å². The molecule has 90 valence electrons. The van der Waals surface area contributed by atoms with Crippen LogP contribution in [-0.4, -0.2) is 10.2 Å².